The number of fused-ring (bicyclic) bond motifs is 3. The van der Waals surface area contributed by atoms with Crippen molar-refractivity contribution in [1.29, 1.82) is 0 Å². The van der Waals surface area contributed by atoms with E-state index in [2.05, 4.69) is 78.1 Å². The molecule has 0 amide bonds. The lowest BCUT2D eigenvalue weighted by atomic mass is 10.0. The monoisotopic (exact) mass is 401 g/mol. The molecule has 3 aromatic rings. The Bertz CT molecular complexity index is 1100. The van der Waals surface area contributed by atoms with E-state index < -0.39 is 0 Å². The van der Waals surface area contributed by atoms with Crippen LogP contribution in [0.5, 0.6) is 5.75 Å². The Morgan fingerprint density at radius 3 is 2.43 bits per heavy atom. The summed E-state index contributed by atoms with van der Waals surface area (Å²) in [5.74, 6) is 0.898. The first-order chi connectivity index (χ1) is 13.8. The first-order valence-electron chi connectivity index (χ1n) is 9.40. The predicted octanol–water partition coefficient (Wildman–Crippen LogP) is 6.49. The van der Waals surface area contributed by atoms with Gasteiger partial charge in [0.15, 0.2) is 0 Å². The minimum Gasteiger partial charge on any atom is -0.494 e. The van der Waals surface area contributed by atoms with Gasteiger partial charge in [-0.25, -0.2) is 0 Å². The quantitative estimate of drug-likeness (QED) is 0.506. The lowest BCUT2D eigenvalue weighted by Gasteiger charge is -2.19. The predicted molar refractivity (Wildman–Crippen MR) is 121 cm³/mol. The maximum absolute atomic E-state index is 5.95. The topological polar surface area (TPSA) is 21.3 Å². The summed E-state index contributed by atoms with van der Waals surface area (Å²) in [5, 5.41) is 3.81. The molecule has 0 radical (unpaired) electrons. The van der Waals surface area contributed by atoms with E-state index in [-0.39, 0.29) is 5.25 Å². The van der Waals surface area contributed by atoms with Gasteiger partial charge < -0.3 is 10.1 Å². The third-order valence-corrected chi connectivity index (χ3v) is 6.90. The molecule has 1 unspecified atom stereocenters. The van der Waals surface area contributed by atoms with Crippen molar-refractivity contribution in [2.75, 3.05) is 11.9 Å². The SMILES string of the molecule is CCOc1ccc(C2Sc3ccccc3NC3=C2C(=S)c2ccccc23)cc1. The van der Waals surface area contributed by atoms with Gasteiger partial charge in [0.25, 0.3) is 0 Å². The van der Waals surface area contributed by atoms with Crippen LogP contribution in [0.15, 0.2) is 83.3 Å². The molecule has 1 N–H and O–H groups in total. The van der Waals surface area contributed by atoms with Crippen LogP contribution in [0, 0.1) is 0 Å². The zero-order chi connectivity index (χ0) is 19.1. The van der Waals surface area contributed by atoms with E-state index in [1.165, 1.54) is 21.6 Å². The molecule has 1 heterocycles. The summed E-state index contributed by atoms with van der Waals surface area (Å²) in [6, 6.07) is 25.3. The molecule has 0 saturated carbocycles. The van der Waals surface area contributed by atoms with Crippen LogP contribution in [0.3, 0.4) is 0 Å². The van der Waals surface area contributed by atoms with Crippen LogP contribution < -0.4 is 10.1 Å². The average Bonchev–Trinajstić information content (AvgIpc) is 2.90. The summed E-state index contributed by atoms with van der Waals surface area (Å²) >= 11 is 7.80. The van der Waals surface area contributed by atoms with E-state index in [1.54, 1.807) is 0 Å². The second kappa shape index (κ2) is 7.12. The van der Waals surface area contributed by atoms with Gasteiger partial charge in [-0.2, -0.15) is 0 Å². The van der Waals surface area contributed by atoms with Crippen LogP contribution in [-0.2, 0) is 0 Å². The number of thiocarbonyl (C=S) groups is 1. The highest BCUT2D eigenvalue weighted by molar-refractivity contribution is 8.00. The van der Waals surface area contributed by atoms with E-state index in [1.807, 2.05) is 18.7 Å². The third-order valence-electron chi connectivity index (χ3n) is 5.10. The van der Waals surface area contributed by atoms with Crippen molar-refractivity contribution in [2.45, 2.75) is 17.1 Å². The Balaban J connectivity index is 1.67. The fraction of sp³-hybridized carbons (Fsp3) is 0.125. The van der Waals surface area contributed by atoms with Crippen LogP contribution in [0.25, 0.3) is 5.70 Å². The molecule has 0 fully saturated rings. The van der Waals surface area contributed by atoms with Crippen molar-refractivity contribution >= 4 is 40.2 Å². The van der Waals surface area contributed by atoms with Crippen LogP contribution in [0.2, 0.25) is 0 Å². The molecule has 1 atom stereocenters. The zero-order valence-corrected chi connectivity index (χ0v) is 17.1. The maximum Gasteiger partial charge on any atom is 0.119 e. The molecule has 28 heavy (non-hydrogen) atoms. The Kier molecular flexibility index (Phi) is 4.46. The van der Waals surface area contributed by atoms with Crippen molar-refractivity contribution in [1.82, 2.24) is 0 Å². The van der Waals surface area contributed by atoms with Crippen molar-refractivity contribution in [3.05, 3.63) is 95.1 Å². The molecule has 0 saturated heterocycles. The van der Waals surface area contributed by atoms with Crippen molar-refractivity contribution in [3.63, 3.8) is 0 Å². The van der Waals surface area contributed by atoms with Gasteiger partial charge in [0, 0.05) is 21.6 Å². The normalized spacial score (nSPS) is 17.3. The van der Waals surface area contributed by atoms with E-state index in [4.69, 9.17) is 17.0 Å². The lowest BCUT2D eigenvalue weighted by Crippen LogP contribution is -2.06. The van der Waals surface area contributed by atoms with E-state index in [0.29, 0.717) is 6.61 Å². The smallest absolute Gasteiger partial charge is 0.119 e. The van der Waals surface area contributed by atoms with Crippen LogP contribution in [0.4, 0.5) is 5.69 Å². The second-order valence-corrected chi connectivity index (χ2v) is 8.34. The molecule has 2 aliphatic rings. The van der Waals surface area contributed by atoms with Crippen molar-refractivity contribution < 1.29 is 4.74 Å². The average molecular weight is 402 g/mol. The lowest BCUT2D eigenvalue weighted by molar-refractivity contribution is 0.340. The van der Waals surface area contributed by atoms with Gasteiger partial charge in [-0.3, -0.25) is 0 Å². The molecule has 0 spiro atoms. The number of anilines is 1. The Labute approximate surface area is 174 Å². The maximum atomic E-state index is 5.95. The minimum absolute atomic E-state index is 0.127. The third kappa shape index (κ3) is 2.84. The van der Waals surface area contributed by atoms with Gasteiger partial charge in [-0.15, -0.1) is 11.8 Å². The summed E-state index contributed by atoms with van der Waals surface area (Å²) in [5.41, 5.74) is 7.03. The summed E-state index contributed by atoms with van der Waals surface area (Å²) in [6.45, 7) is 2.67. The number of thioether (sulfide) groups is 1. The van der Waals surface area contributed by atoms with E-state index in [0.717, 1.165) is 27.6 Å². The first-order valence-corrected chi connectivity index (χ1v) is 10.7. The first kappa shape index (κ1) is 17.5. The summed E-state index contributed by atoms with van der Waals surface area (Å²) in [4.78, 5) is 2.17. The van der Waals surface area contributed by atoms with E-state index >= 15 is 0 Å². The molecular formula is C24H19NOS2. The Morgan fingerprint density at radius 2 is 1.64 bits per heavy atom. The van der Waals surface area contributed by atoms with Gasteiger partial charge in [-0.1, -0.05) is 60.7 Å². The van der Waals surface area contributed by atoms with Gasteiger partial charge >= 0.3 is 0 Å². The van der Waals surface area contributed by atoms with Gasteiger partial charge in [-0.05, 0) is 36.8 Å². The number of para-hydroxylation sites is 1. The van der Waals surface area contributed by atoms with Crippen LogP contribution in [0.1, 0.15) is 28.9 Å². The molecule has 138 valence electrons. The summed E-state index contributed by atoms with van der Waals surface area (Å²) < 4.78 is 5.63. The molecule has 2 nitrogen and oxygen atoms in total. The number of rotatable bonds is 3. The molecule has 4 heteroatoms. The highest BCUT2D eigenvalue weighted by Crippen LogP contribution is 2.52. The fourth-order valence-electron chi connectivity index (χ4n) is 3.82. The van der Waals surface area contributed by atoms with Crippen molar-refractivity contribution in [2.24, 2.45) is 0 Å². The number of benzene rings is 3. The van der Waals surface area contributed by atoms with Crippen LogP contribution >= 0.6 is 24.0 Å². The molecule has 3 aromatic carbocycles. The molecular weight excluding hydrogens is 382 g/mol. The van der Waals surface area contributed by atoms with Gasteiger partial charge in [0.1, 0.15) is 5.75 Å². The second-order valence-electron chi connectivity index (χ2n) is 6.78. The number of hydrogen-bond acceptors (Lipinski definition) is 4. The molecule has 0 bridgehead atoms. The van der Waals surface area contributed by atoms with Gasteiger partial charge in [0.05, 0.1) is 28.1 Å². The highest BCUT2D eigenvalue weighted by atomic mass is 32.2. The Morgan fingerprint density at radius 1 is 0.929 bits per heavy atom. The van der Waals surface area contributed by atoms with E-state index in [9.17, 15) is 0 Å². The van der Waals surface area contributed by atoms with Crippen molar-refractivity contribution in [3.8, 4) is 5.75 Å². The number of ether oxygens (including phenoxy) is 1. The summed E-state index contributed by atoms with van der Waals surface area (Å²) in [7, 11) is 0. The largest absolute Gasteiger partial charge is 0.494 e. The molecule has 1 aliphatic heterocycles. The Hall–Kier alpha value is -2.56. The fourth-order valence-corrected chi connectivity index (χ4v) is 5.60. The molecule has 1 aliphatic carbocycles. The highest BCUT2D eigenvalue weighted by Gasteiger charge is 2.35. The number of hydrogen-bond donors (Lipinski definition) is 1. The summed E-state index contributed by atoms with van der Waals surface area (Å²) in [6.07, 6.45) is 0. The molecule has 5 rings (SSSR count). The van der Waals surface area contributed by atoms with Crippen LogP contribution in [-0.4, -0.2) is 11.5 Å². The van der Waals surface area contributed by atoms with Gasteiger partial charge in [0.2, 0.25) is 0 Å². The zero-order valence-electron chi connectivity index (χ0n) is 15.4. The minimum atomic E-state index is 0.127. The number of nitrogens with one attached hydrogen (secondary N) is 1. The molecule has 0 aromatic heterocycles. The standard InChI is InChI=1S/C24H19NOS2/c1-2-26-16-13-11-15(12-14-16)24-21-22(17-7-3-4-8-18(17)23(21)27)25-19-9-5-6-10-20(19)28-24/h3-14,24-25H,2H2,1H3.